The first-order valence-corrected chi connectivity index (χ1v) is 3.52. The van der Waals surface area contributed by atoms with Crippen molar-refractivity contribution in [2.75, 3.05) is 0 Å². The summed E-state index contributed by atoms with van der Waals surface area (Å²) in [6, 6.07) is 6.24. The zero-order chi connectivity index (χ0) is 8.97. The van der Waals surface area contributed by atoms with Gasteiger partial charge >= 0.3 is 73.9 Å². The van der Waals surface area contributed by atoms with Gasteiger partial charge in [-0.05, 0) is 0 Å². The van der Waals surface area contributed by atoms with Crippen molar-refractivity contribution in [1.82, 2.24) is 0 Å². The summed E-state index contributed by atoms with van der Waals surface area (Å²) in [5.74, 6) is 0.174. The normalized spacial score (nSPS) is 8.75. The Balaban J connectivity index is 3.07. The molecule has 12 heavy (non-hydrogen) atoms. The first-order chi connectivity index (χ1) is 5.75. The zero-order valence-electron chi connectivity index (χ0n) is 5.99. The first-order valence-electron chi connectivity index (χ1n) is 3.15. The third-order valence-electron chi connectivity index (χ3n) is 1.27. The quantitative estimate of drug-likeness (QED) is 0.524. The summed E-state index contributed by atoms with van der Waals surface area (Å²) < 4.78 is 14.5. The van der Waals surface area contributed by atoms with Crippen LogP contribution in [0.4, 0.5) is 0 Å². The van der Waals surface area contributed by atoms with Gasteiger partial charge < -0.3 is 0 Å². The summed E-state index contributed by atoms with van der Waals surface area (Å²) in [6.07, 6.45) is 0. The maximum absolute atomic E-state index is 10.7. The molecular formula is C7H4BClO3. The number of halogens is 1. The molecule has 0 spiro atoms. The van der Waals surface area contributed by atoms with E-state index >= 15 is 0 Å². The average molecular weight is 182 g/mol. The number of carbonyl (C=O) groups is 1. The molecule has 0 heterocycles. The van der Waals surface area contributed by atoms with Crippen LogP contribution in [-0.4, -0.2) is 12.6 Å². The summed E-state index contributed by atoms with van der Waals surface area (Å²) in [5, 5.41) is -0.646. The molecule has 0 aliphatic carbocycles. The molecule has 0 unspecified atom stereocenters. The molecule has 3 nitrogen and oxygen atoms in total. The first kappa shape index (κ1) is 8.94. The molecule has 0 amide bonds. The van der Waals surface area contributed by atoms with Gasteiger partial charge in [0.25, 0.3) is 0 Å². The Labute approximate surface area is 74.6 Å². The molecule has 0 fully saturated rings. The Morgan fingerprint density at radius 2 is 2.08 bits per heavy atom. The van der Waals surface area contributed by atoms with E-state index in [2.05, 4.69) is 4.65 Å². The van der Waals surface area contributed by atoms with Crippen LogP contribution in [0.5, 0.6) is 5.75 Å². The van der Waals surface area contributed by atoms with Gasteiger partial charge in [-0.2, -0.15) is 0 Å². The second-order valence-electron chi connectivity index (χ2n) is 1.98. The van der Waals surface area contributed by atoms with Crippen LogP contribution < -0.4 is 4.65 Å². The Kier molecular flexibility index (Phi) is 2.99. The summed E-state index contributed by atoms with van der Waals surface area (Å²) in [7, 11) is 0.249. The minimum absolute atomic E-state index is 0.174. The van der Waals surface area contributed by atoms with Gasteiger partial charge in [0.2, 0.25) is 0 Å². The van der Waals surface area contributed by atoms with Crippen LogP contribution in [0.15, 0.2) is 24.3 Å². The van der Waals surface area contributed by atoms with Crippen LogP contribution in [0.2, 0.25) is 0 Å². The van der Waals surface area contributed by atoms with Gasteiger partial charge in [-0.1, -0.05) is 0 Å². The van der Waals surface area contributed by atoms with E-state index in [0.29, 0.717) is 0 Å². The third kappa shape index (κ3) is 1.92. The number of para-hydroxylation sites is 1. The number of carbonyl (C=O) groups excluding carboxylic acids is 1. The molecule has 0 aromatic heterocycles. The van der Waals surface area contributed by atoms with Gasteiger partial charge in [0.1, 0.15) is 0 Å². The van der Waals surface area contributed by atoms with Gasteiger partial charge in [0.05, 0.1) is 0 Å². The molecule has 60 valence electrons. The Bertz CT molecular complexity index is 313. The fraction of sp³-hybridized carbons (Fsp3) is 0. The van der Waals surface area contributed by atoms with Gasteiger partial charge in [-0.15, -0.1) is 0 Å². The molecule has 0 aliphatic heterocycles. The van der Waals surface area contributed by atoms with Crippen molar-refractivity contribution in [2.24, 2.45) is 0 Å². The second kappa shape index (κ2) is 4.02. The van der Waals surface area contributed by atoms with Crippen molar-refractivity contribution in [1.29, 1.82) is 0 Å². The van der Waals surface area contributed by atoms with E-state index in [1.165, 1.54) is 12.1 Å². The summed E-state index contributed by atoms with van der Waals surface area (Å²) in [4.78, 5) is 10.7. The molecule has 1 aromatic rings. The number of hydrogen-bond donors (Lipinski definition) is 0. The molecule has 0 bridgehead atoms. The van der Waals surface area contributed by atoms with Crippen molar-refractivity contribution >= 4 is 24.2 Å². The molecule has 0 aliphatic rings. The predicted octanol–water partition coefficient (Wildman–Crippen LogP) is 1.41. The Morgan fingerprint density at radius 3 is 2.67 bits per heavy atom. The fourth-order valence-electron chi connectivity index (χ4n) is 0.784. The van der Waals surface area contributed by atoms with Crippen molar-refractivity contribution in [2.45, 2.75) is 0 Å². The van der Waals surface area contributed by atoms with Crippen LogP contribution in [0, 0.1) is 0 Å². The van der Waals surface area contributed by atoms with Crippen molar-refractivity contribution in [3.8, 4) is 5.75 Å². The van der Waals surface area contributed by atoms with E-state index in [4.69, 9.17) is 11.6 Å². The SMILES string of the molecule is O=BOc1ccccc1C(=O)Cl. The number of rotatable bonds is 3. The van der Waals surface area contributed by atoms with Crippen LogP contribution in [-0.2, 0) is 4.70 Å². The van der Waals surface area contributed by atoms with Gasteiger partial charge in [-0.3, -0.25) is 0 Å². The molecule has 5 heteroatoms. The van der Waals surface area contributed by atoms with Gasteiger partial charge in [-0.25, -0.2) is 0 Å². The van der Waals surface area contributed by atoms with E-state index in [-0.39, 0.29) is 18.7 Å². The molecule has 0 N–H and O–H groups in total. The van der Waals surface area contributed by atoms with Crippen LogP contribution in [0.25, 0.3) is 0 Å². The van der Waals surface area contributed by atoms with E-state index in [1.807, 2.05) is 0 Å². The molecule has 1 rings (SSSR count). The molecule has 0 radical (unpaired) electrons. The van der Waals surface area contributed by atoms with Gasteiger partial charge in [0, 0.05) is 0 Å². The van der Waals surface area contributed by atoms with Crippen LogP contribution in [0.3, 0.4) is 0 Å². The summed E-state index contributed by atoms with van der Waals surface area (Å²) >= 11 is 5.21. The Hall–Kier alpha value is -1.16. The zero-order valence-corrected chi connectivity index (χ0v) is 6.75. The molecule has 0 saturated heterocycles. The molecule has 1 aromatic carbocycles. The van der Waals surface area contributed by atoms with E-state index in [0.717, 1.165) is 0 Å². The molecule has 0 atom stereocenters. The van der Waals surface area contributed by atoms with Gasteiger partial charge in [0.15, 0.2) is 0 Å². The standard InChI is InChI=1S/C7H4BClO3/c9-7(10)5-3-1-2-4-6(5)12-8-11/h1-4H. The minimum atomic E-state index is -0.646. The third-order valence-corrected chi connectivity index (χ3v) is 1.48. The average Bonchev–Trinajstić information content (AvgIpc) is 2.05. The number of benzene rings is 1. The van der Waals surface area contributed by atoms with E-state index < -0.39 is 5.24 Å². The number of hydrogen-bond acceptors (Lipinski definition) is 3. The predicted molar refractivity (Wildman–Crippen MR) is 43.7 cm³/mol. The van der Waals surface area contributed by atoms with Crippen molar-refractivity contribution < 1.29 is 14.2 Å². The van der Waals surface area contributed by atoms with Crippen molar-refractivity contribution in [3.05, 3.63) is 29.8 Å². The van der Waals surface area contributed by atoms with Crippen molar-refractivity contribution in [3.63, 3.8) is 0 Å². The monoisotopic (exact) mass is 182 g/mol. The second-order valence-corrected chi connectivity index (χ2v) is 2.33. The van der Waals surface area contributed by atoms with E-state index in [9.17, 15) is 9.50 Å². The maximum atomic E-state index is 10.7. The van der Waals surface area contributed by atoms with E-state index in [1.54, 1.807) is 12.1 Å². The summed E-state index contributed by atoms with van der Waals surface area (Å²) in [6.45, 7) is 0. The van der Waals surface area contributed by atoms with Crippen LogP contribution >= 0.6 is 11.6 Å². The fourth-order valence-corrected chi connectivity index (χ4v) is 0.940. The Morgan fingerprint density at radius 1 is 1.42 bits per heavy atom. The molecular weight excluding hydrogens is 178 g/mol. The topological polar surface area (TPSA) is 43.4 Å². The van der Waals surface area contributed by atoms with Crippen LogP contribution in [0.1, 0.15) is 10.4 Å². The summed E-state index contributed by atoms with van der Waals surface area (Å²) in [5.41, 5.74) is 0.186. The molecule has 0 saturated carbocycles.